The molecule has 2 aromatic rings. The van der Waals surface area contributed by atoms with Gasteiger partial charge in [-0.05, 0) is 37.1 Å². The molecule has 0 radical (unpaired) electrons. The number of benzene rings is 2. The van der Waals surface area contributed by atoms with Crippen LogP contribution in [0.2, 0.25) is 0 Å². The lowest BCUT2D eigenvalue weighted by Gasteiger charge is -2.13. The molecule has 2 rings (SSSR count). The molecule has 0 unspecified atom stereocenters. The van der Waals surface area contributed by atoms with Crippen LogP contribution in [0.15, 0.2) is 48.5 Å². The molecular weight excluding hydrogens is 348 g/mol. The van der Waals surface area contributed by atoms with Gasteiger partial charge in [-0.1, -0.05) is 76.6 Å². The number of ketones is 1. The fraction of sp³-hybridized carbons (Fsp3) is 0.480. The first kappa shape index (κ1) is 22.0. The Morgan fingerprint density at radius 3 is 1.50 bits per heavy atom. The van der Waals surface area contributed by atoms with Crippen molar-refractivity contribution >= 4 is 5.78 Å². The zero-order chi connectivity index (χ0) is 20.0. The van der Waals surface area contributed by atoms with Gasteiger partial charge in [0.25, 0.3) is 0 Å². The van der Waals surface area contributed by atoms with Crippen LogP contribution in [0.5, 0.6) is 11.5 Å². The summed E-state index contributed by atoms with van der Waals surface area (Å²) in [6.07, 6.45) is 9.15. The van der Waals surface area contributed by atoms with Gasteiger partial charge in [-0.15, -0.1) is 0 Å². The van der Waals surface area contributed by atoms with Crippen molar-refractivity contribution in [2.75, 3.05) is 13.2 Å². The summed E-state index contributed by atoms with van der Waals surface area (Å²) in [5.41, 5.74) is 1.19. The Bertz CT molecular complexity index is 649. The average molecular weight is 383 g/mol. The van der Waals surface area contributed by atoms with Crippen LogP contribution < -0.4 is 9.47 Å². The molecule has 0 heterocycles. The minimum absolute atomic E-state index is 0.0479. The van der Waals surface area contributed by atoms with Gasteiger partial charge in [-0.2, -0.15) is 0 Å². The number of unbranched alkanes of at least 4 members (excludes halogenated alkanes) is 6. The molecule has 0 saturated heterocycles. The standard InChI is InChI=1S/C25H34O3/c1-3-5-7-13-19-27-23-17-11-9-15-21(23)25(26)22-16-10-12-18-24(22)28-20-14-8-6-4-2/h9-12,15-18H,3-8,13-14,19-20H2,1-2H3. The highest BCUT2D eigenvalue weighted by atomic mass is 16.5. The van der Waals surface area contributed by atoms with Crippen molar-refractivity contribution in [3.63, 3.8) is 0 Å². The molecule has 0 aromatic heterocycles. The maximum atomic E-state index is 13.2. The predicted octanol–water partition coefficient (Wildman–Crippen LogP) is 6.84. The Morgan fingerprint density at radius 2 is 1.07 bits per heavy atom. The maximum absolute atomic E-state index is 13.2. The molecule has 28 heavy (non-hydrogen) atoms. The van der Waals surface area contributed by atoms with Gasteiger partial charge < -0.3 is 9.47 Å². The van der Waals surface area contributed by atoms with Crippen molar-refractivity contribution in [3.8, 4) is 11.5 Å². The second-order valence-corrected chi connectivity index (χ2v) is 7.14. The van der Waals surface area contributed by atoms with Gasteiger partial charge in [0.15, 0.2) is 5.78 Å². The summed E-state index contributed by atoms with van der Waals surface area (Å²) < 4.78 is 11.9. The van der Waals surface area contributed by atoms with E-state index in [-0.39, 0.29) is 5.78 Å². The first-order chi connectivity index (χ1) is 13.8. The molecular formula is C25H34O3. The van der Waals surface area contributed by atoms with E-state index < -0.39 is 0 Å². The quantitative estimate of drug-likeness (QED) is 0.265. The third-order valence-corrected chi connectivity index (χ3v) is 4.77. The van der Waals surface area contributed by atoms with Crippen LogP contribution in [0, 0.1) is 0 Å². The van der Waals surface area contributed by atoms with Crippen molar-refractivity contribution in [2.45, 2.75) is 65.2 Å². The molecule has 0 aliphatic heterocycles. The van der Waals surface area contributed by atoms with Gasteiger partial charge in [0.1, 0.15) is 11.5 Å². The number of para-hydroxylation sites is 2. The molecule has 0 bridgehead atoms. The Morgan fingerprint density at radius 1 is 0.643 bits per heavy atom. The highest BCUT2D eigenvalue weighted by Gasteiger charge is 2.18. The van der Waals surface area contributed by atoms with E-state index in [1.807, 2.05) is 48.5 Å². The largest absolute Gasteiger partial charge is 0.493 e. The average Bonchev–Trinajstić information content (AvgIpc) is 2.73. The lowest BCUT2D eigenvalue weighted by molar-refractivity contribution is 0.103. The first-order valence-corrected chi connectivity index (χ1v) is 10.8. The minimum Gasteiger partial charge on any atom is -0.493 e. The topological polar surface area (TPSA) is 35.5 Å². The van der Waals surface area contributed by atoms with E-state index in [2.05, 4.69) is 13.8 Å². The van der Waals surface area contributed by atoms with Gasteiger partial charge in [0, 0.05) is 0 Å². The second-order valence-electron chi connectivity index (χ2n) is 7.14. The van der Waals surface area contributed by atoms with Crippen molar-refractivity contribution in [3.05, 3.63) is 59.7 Å². The Labute approximate surface area is 170 Å². The van der Waals surface area contributed by atoms with E-state index in [1.54, 1.807) is 0 Å². The maximum Gasteiger partial charge on any atom is 0.200 e. The van der Waals surface area contributed by atoms with Gasteiger partial charge in [-0.3, -0.25) is 4.79 Å². The normalized spacial score (nSPS) is 10.6. The van der Waals surface area contributed by atoms with E-state index in [9.17, 15) is 4.79 Å². The molecule has 3 heteroatoms. The predicted molar refractivity (Wildman–Crippen MR) is 116 cm³/mol. The van der Waals surface area contributed by atoms with Crippen LogP contribution in [0.3, 0.4) is 0 Å². The fourth-order valence-corrected chi connectivity index (χ4v) is 3.13. The van der Waals surface area contributed by atoms with Crippen LogP contribution in [0.1, 0.15) is 81.1 Å². The molecule has 0 fully saturated rings. The summed E-state index contributed by atoms with van der Waals surface area (Å²) in [5.74, 6) is 1.26. The van der Waals surface area contributed by atoms with Crippen LogP contribution in [-0.2, 0) is 0 Å². The lowest BCUT2D eigenvalue weighted by atomic mass is 10.0. The molecule has 0 amide bonds. The molecule has 3 nitrogen and oxygen atoms in total. The Hall–Kier alpha value is -2.29. The number of rotatable bonds is 14. The van der Waals surface area contributed by atoms with Crippen LogP contribution in [0.25, 0.3) is 0 Å². The Kier molecular flexibility index (Phi) is 10.2. The zero-order valence-electron chi connectivity index (χ0n) is 17.4. The fourth-order valence-electron chi connectivity index (χ4n) is 3.13. The summed E-state index contributed by atoms with van der Waals surface area (Å²) in [4.78, 5) is 13.2. The SMILES string of the molecule is CCCCCCOc1ccccc1C(=O)c1ccccc1OCCCCCC. The third-order valence-electron chi connectivity index (χ3n) is 4.77. The van der Waals surface area contributed by atoms with Crippen LogP contribution in [0.4, 0.5) is 0 Å². The van der Waals surface area contributed by atoms with Crippen molar-refractivity contribution in [1.82, 2.24) is 0 Å². The molecule has 0 spiro atoms. The number of carbonyl (C=O) groups excluding carboxylic acids is 1. The Balaban J connectivity index is 2.05. The van der Waals surface area contributed by atoms with E-state index in [4.69, 9.17) is 9.47 Å². The molecule has 152 valence electrons. The first-order valence-electron chi connectivity index (χ1n) is 10.8. The highest BCUT2D eigenvalue weighted by molar-refractivity contribution is 6.12. The summed E-state index contributed by atoms with van der Waals surface area (Å²) in [7, 11) is 0. The smallest absolute Gasteiger partial charge is 0.200 e. The zero-order valence-corrected chi connectivity index (χ0v) is 17.4. The van der Waals surface area contributed by atoms with Crippen molar-refractivity contribution in [2.24, 2.45) is 0 Å². The van der Waals surface area contributed by atoms with Crippen LogP contribution >= 0.6 is 0 Å². The van der Waals surface area contributed by atoms with Gasteiger partial charge in [0.05, 0.1) is 24.3 Å². The van der Waals surface area contributed by atoms with Crippen molar-refractivity contribution < 1.29 is 14.3 Å². The summed E-state index contributed by atoms with van der Waals surface area (Å²) in [5, 5.41) is 0. The summed E-state index contributed by atoms with van der Waals surface area (Å²) >= 11 is 0. The molecule has 0 atom stereocenters. The number of carbonyl (C=O) groups is 1. The monoisotopic (exact) mass is 382 g/mol. The number of hydrogen-bond donors (Lipinski definition) is 0. The highest BCUT2D eigenvalue weighted by Crippen LogP contribution is 2.27. The van der Waals surface area contributed by atoms with Crippen LogP contribution in [-0.4, -0.2) is 19.0 Å². The number of hydrogen-bond acceptors (Lipinski definition) is 3. The molecule has 0 saturated carbocycles. The molecule has 0 N–H and O–H groups in total. The van der Waals surface area contributed by atoms with Gasteiger partial charge in [0.2, 0.25) is 0 Å². The molecule has 0 aliphatic carbocycles. The number of ether oxygens (including phenoxy) is 2. The van der Waals surface area contributed by atoms with E-state index in [0.29, 0.717) is 35.8 Å². The minimum atomic E-state index is -0.0479. The van der Waals surface area contributed by atoms with E-state index >= 15 is 0 Å². The lowest BCUT2D eigenvalue weighted by Crippen LogP contribution is -2.09. The van der Waals surface area contributed by atoms with Crippen molar-refractivity contribution in [1.29, 1.82) is 0 Å². The summed E-state index contributed by atoms with van der Waals surface area (Å²) in [6, 6.07) is 15.0. The van der Waals surface area contributed by atoms with E-state index in [1.165, 1.54) is 25.7 Å². The molecule has 2 aromatic carbocycles. The second kappa shape index (κ2) is 13.0. The molecule has 0 aliphatic rings. The third kappa shape index (κ3) is 7.03. The van der Waals surface area contributed by atoms with Gasteiger partial charge >= 0.3 is 0 Å². The summed E-state index contributed by atoms with van der Waals surface area (Å²) in [6.45, 7) is 5.66. The van der Waals surface area contributed by atoms with Gasteiger partial charge in [-0.25, -0.2) is 0 Å². The van der Waals surface area contributed by atoms with E-state index in [0.717, 1.165) is 25.7 Å².